The van der Waals surface area contributed by atoms with E-state index in [1.807, 2.05) is 36.5 Å². The minimum atomic E-state index is -0.227. The predicted molar refractivity (Wildman–Crippen MR) is 119 cm³/mol. The van der Waals surface area contributed by atoms with Crippen LogP contribution < -0.4 is 0 Å². The largest absolute Gasteiger partial charge is 0.518 e. The summed E-state index contributed by atoms with van der Waals surface area (Å²) in [5.74, 6) is 2.00. The Bertz CT molecular complexity index is 937. The Morgan fingerprint density at radius 1 is 1.00 bits per heavy atom. The number of aliphatic hydroxyl groups excluding tert-OH is 2. The zero-order chi connectivity index (χ0) is 21.1. The van der Waals surface area contributed by atoms with E-state index < -0.39 is 0 Å². The molecule has 2 aromatic heterocycles. The number of para-hydroxylation sites is 1. The summed E-state index contributed by atoms with van der Waals surface area (Å²) in [4.78, 5) is 4.36. The number of furan rings is 1. The van der Waals surface area contributed by atoms with Crippen molar-refractivity contribution in [3.63, 3.8) is 0 Å². The first-order chi connectivity index (χ1) is 14.5. The average Bonchev–Trinajstić information content (AvgIpc) is 3.29. The average molecular weight is 599 g/mol. The topological polar surface area (TPSA) is 66.5 Å². The number of hydrogen-bond donors (Lipinski definition) is 2. The van der Waals surface area contributed by atoms with E-state index in [1.54, 1.807) is 0 Å². The molecule has 4 unspecified atom stereocenters. The van der Waals surface area contributed by atoms with Crippen molar-refractivity contribution in [2.24, 2.45) is 11.8 Å². The molecule has 31 heavy (non-hydrogen) atoms. The third kappa shape index (κ3) is 5.64. The summed E-state index contributed by atoms with van der Waals surface area (Å²) in [6.07, 6.45) is 7.92. The Kier molecular flexibility index (Phi) is 8.46. The molecule has 5 rings (SSSR count). The Morgan fingerprint density at radius 3 is 2.52 bits per heavy atom. The molecule has 0 saturated heterocycles. The summed E-state index contributed by atoms with van der Waals surface area (Å²) >= 11 is 0. The van der Waals surface area contributed by atoms with Crippen molar-refractivity contribution in [3.8, 4) is 11.5 Å². The van der Waals surface area contributed by atoms with Gasteiger partial charge in [-0.15, -0.1) is 17.5 Å². The van der Waals surface area contributed by atoms with Crippen molar-refractivity contribution < 1.29 is 34.7 Å². The molecular weight excluding hydrogens is 567 g/mol. The van der Waals surface area contributed by atoms with Gasteiger partial charge < -0.3 is 19.6 Å². The van der Waals surface area contributed by atoms with Gasteiger partial charge in [0, 0.05) is 43.5 Å². The minimum Gasteiger partial charge on any atom is -0.518 e. The standard InChI is InChI=1S/C16H14NO.C10H18O2.Ir/c1-11(2)12-7-8-17-14(9-12)16-10-13-5-3-4-6-15(13)18-16;11-8-4-2-1-3-7-5-6-9(12)10(7)8;/h3-9,11H,1-2H3;7-12H,1-6H2;/q-1;;. The fourth-order valence-electron chi connectivity index (χ4n) is 4.91. The van der Waals surface area contributed by atoms with E-state index in [0.717, 1.165) is 42.3 Å². The van der Waals surface area contributed by atoms with Gasteiger partial charge in [0.2, 0.25) is 0 Å². The number of fused-ring (bicyclic) bond motifs is 2. The monoisotopic (exact) mass is 599 g/mol. The van der Waals surface area contributed by atoms with E-state index in [0.29, 0.717) is 17.6 Å². The molecule has 1 radical (unpaired) electrons. The van der Waals surface area contributed by atoms with Crippen LogP contribution in [0.1, 0.15) is 63.9 Å². The quantitative estimate of drug-likeness (QED) is 0.370. The molecule has 0 amide bonds. The van der Waals surface area contributed by atoms with Crippen LogP contribution in [0.3, 0.4) is 0 Å². The zero-order valence-corrected chi connectivity index (χ0v) is 20.6. The van der Waals surface area contributed by atoms with E-state index in [1.165, 1.54) is 18.4 Å². The molecule has 5 heteroatoms. The van der Waals surface area contributed by atoms with E-state index in [2.05, 4.69) is 31.0 Å². The number of pyridine rings is 1. The molecule has 2 N–H and O–H groups in total. The molecular formula is C26H32IrNO3-. The first kappa shape index (κ1) is 24.1. The Labute approximate surface area is 198 Å². The van der Waals surface area contributed by atoms with Gasteiger partial charge in [-0.25, -0.2) is 0 Å². The molecule has 0 spiro atoms. The predicted octanol–water partition coefficient (Wildman–Crippen LogP) is 5.72. The van der Waals surface area contributed by atoms with Crippen molar-refractivity contribution in [2.75, 3.05) is 0 Å². The molecule has 4 nitrogen and oxygen atoms in total. The van der Waals surface area contributed by atoms with Crippen LogP contribution >= 0.6 is 0 Å². The second-order valence-electron chi connectivity index (χ2n) is 9.02. The van der Waals surface area contributed by atoms with Gasteiger partial charge in [-0.05, 0) is 43.6 Å². The number of nitrogens with zero attached hydrogens (tertiary/aromatic N) is 1. The van der Waals surface area contributed by atoms with Crippen LogP contribution in [0.4, 0.5) is 0 Å². The van der Waals surface area contributed by atoms with Crippen LogP contribution in [-0.2, 0) is 20.1 Å². The van der Waals surface area contributed by atoms with Gasteiger partial charge in [-0.1, -0.05) is 56.5 Å². The van der Waals surface area contributed by atoms with Gasteiger partial charge >= 0.3 is 0 Å². The maximum absolute atomic E-state index is 9.77. The van der Waals surface area contributed by atoms with Crippen LogP contribution in [0.25, 0.3) is 22.4 Å². The first-order valence-corrected chi connectivity index (χ1v) is 11.3. The van der Waals surface area contributed by atoms with E-state index >= 15 is 0 Å². The molecule has 1 aromatic carbocycles. The number of aromatic nitrogens is 1. The molecule has 2 fully saturated rings. The maximum atomic E-state index is 9.77. The summed E-state index contributed by atoms with van der Waals surface area (Å²) in [7, 11) is 0. The van der Waals surface area contributed by atoms with E-state index in [4.69, 9.17) is 4.42 Å². The summed E-state index contributed by atoms with van der Waals surface area (Å²) in [6.45, 7) is 4.34. The summed E-state index contributed by atoms with van der Waals surface area (Å²) in [5, 5.41) is 20.4. The van der Waals surface area contributed by atoms with Crippen LogP contribution in [0.15, 0.2) is 47.0 Å². The molecule has 2 aliphatic carbocycles. The molecule has 2 saturated carbocycles. The Morgan fingerprint density at radius 2 is 1.74 bits per heavy atom. The first-order valence-electron chi connectivity index (χ1n) is 11.3. The maximum Gasteiger partial charge on any atom is 0.0595 e. The van der Waals surface area contributed by atoms with Gasteiger partial charge in [0.1, 0.15) is 0 Å². The van der Waals surface area contributed by atoms with Crippen molar-refractivity contribution in [1.29, 1.82) is 0 Å². The Hall–Kier alpha value is -1.52. The van der Waals surface area contributed by atoms with Crippen LogP contribution in [0.2, 0.25) is 0 Å². The van der Waals surface area contributed by atoms with E-state index in [-0.39, 0.29) is 38.2 Å². The van der Waals surface area contributed by atoms with Gasteiger partial charge in [0.25, 0.3) is 0 Å². The van der Waals surface area contributed by atoms with E-state index in [9.17, 15) is 10.2 Å². The van der Waals surface area contributed by atoms with Gasteiger partial charge in [0.05, 0.1) is 18.0 Å². The molecule has 169 valence electrons. The van der Waals surface area contributed by atoms with Crippen LogP contribution in [-0.4, -0.2) is 27.4 Å². The normalized spacial score (nSPS) is 25.3. The molecule has 3 aromatic rings. The van der Waals surface area contributed by atoms with Crippen molar-refractivity contribution in [1.82, 2.24) is 4.98 Å². The third-order valence-electron chi connectivity index (χ3n) is 6.62. The van der Waals surface area contributed by atoms with Crippen LogP contribution in [0, 0.1) is 17.9 Å². The van der Waals surface area contributed by atoms with Crippen molar-refractivity contribution >= 4 is 11.0 Å². The molecule has 0 bridgehead atoms. The molecule has 2 aliphatic rings. The Balaban J connectivity index is 0.000000183. The smallest absolute Gasteiger partial charge is 0.0595 e. The van der Waals surface area contributed by atoms with Crippen molar-refractivity contribution in [2.45, 2.75) is 70.5 Å². The summed E-state index contributed by atoms with van der Waals surface area (Å²) in [5.41, 5.74) is 2.95. The SMILES string of the molecule is CC(C)c1ccnc(-c2[c-]c3ccccc3o2)c1.OC1CCCCC2CCC(O)C12.[Ir]. The minimum absolute atomic E-state index is 0. The second-order valence-corrected chi connectivity index (χ2v) is 9.02. The fourth-order valence-corrected chi connectivity index (χ4v) is 4.91. The van der Waals surface area contributed by atoms with Crippen molar-refractivity contribution in [3.05, 3.63) is 54.2 Å². The fraction of sp³-hybridized carbons (Fsp3) is 0.500. The molecule has 4 atom stereocenters. The van der Waals surface area contributed by atoms with Gasteiger partial charge in [-0.3, -0.25) is 0 Å². The summed E-state index contributed by atoms with van der Waals surface area (Å²) < 4.78 is 5.77. The van der Waals surface area contributed by atoms with Crippen LogP contribution in [0.5, 0.6) is 0 Å². The molecule has 0 aliphatic heterocycles. The second kappa shape index (κ2) is 10.9. The summed E-state index contributed by atoms with van der Waals surface area (Å²) in [6, 6.07) is 15.2. The molecule has 2 heterocycles. The number of benzene rings is 1. The van der Waals surface area contributed by atoms with Gasteiger partial charge in [0.15, 0.2) is 0 Å². The van der Waals surface area contributed by atoms with Gasteiger partial charge in [-0.2, -0.15) is 0 Å². The zero-order valence-electron chi connectivity index (χ0n) is 18.3. The number of aliphatic hydroxyl groups is 2. The number of rotatable bonds is 2. The number of hydrogen-bond acceptors (Lipinski definition) is 4. The third-order valence-corrected chi connectivity index (χ3v) is 6.62.